The minimum absolute atomic E-state index is 0.240. The number of likely N-dealkylation sites (N-methyl/N-ethyl adjacent to an activating group) is 1. The van der Waals surface area contributed by atoms with Gasteiger partial charge in [-0.1, -0.05) is 28.8 Å². The van der Waals surface area contributed by atoms with Crippen LogP contribution in [0.5, 0.6) is 0 Å². The molecular weight excluding hydrogens is 256 g/mol. The molecule has 0 N–H and O–H groups in total. The molecule has 1 amide bonds. The molecule has 0 aromatic heterocycles. The molecule has 3 nitrogen and oxygen atoms in total. The standard InChI is InChI=1S/C11H21BrN2O/c1-13(2)7-8-14(11(15)9-12)10-5-3-4-6-10/h10H,3-9H2,1-2H3. The summed E-state index contributed by atoms with van der Waals surface area (Å²) in [7, 11) is 4.09. The van der Waals surface area contributed by atoms with Crippen LogP contribution in [0.15, 0.2) is 0 Å². The average molecular weight is 277 g/mol. The number of amides is 1. The first-order chi connectivity index (χ1) is 7.15. The van der Waals surface area contributed by atoms with Crippen molar-refractivity contribution in [2.75, 3.05) is 32.5 Å². The maximum absolute atomic E-state index is 11.8. The number of hydrogen-bond acceptors (Lipinski definition) is 2. The van der Waals surface area contributed by atoms with E-state index in [4.69, 9.17) is 0 Å². The number of nitrogens with zero attached hydrogens (tertiary/aromatic N) is 2. The fourth-order valence-corrected chi connectivity index (χ4v) is 2.43. The van der Waals surface area contributed by atoms with Crippen LogP contribution in [0.3, 0.4) is 0 Å². The Kier molecular flexibility index (Phi) is 5.61. The highest BCUT2D eigenvalue weighted by molar-refractivity contribution is 9.09. The minimum atomic E-state index is 0.240. The van der Waals surface area contributed by atoms with E-state index in [0.29, 0.717) is 11.4 Å². The van der Waals surface area contributed by atoms with E-state index < -0.39 is 0 Å². The number of halogens is 1. The zero-order chi connectivity index (χ0) is 11.3. The molecule has 0 unspecified atom stereocenters. The molecule has 1 saturated carbocycles. The molecule has 0 radical (unpaired) electrons. The van der Waals surface area contributed by atoms with Gasteiger partial charge in [0.1, 0.15) is 0 Å². The van der Waals surface area contributed by atoms with Crippen LogP contribution < -0.4 is 0 Å². The molecular formula is C11H21BrN2O. The van der Waals surface area contributed by atoms with Crippen molar-refractivity contribution in [2.24, 2.45) is 0 Å². The minimum Gasteiger partial charge on any atom is -0.338 e. The Morgan fingerprint density at radius 3 is 2.33 bits per heavy atom. The number of carbonyl (C=O) groups excluding carboxylic acids is 1. The Balaban J connectivity index is 2.48. The average Bonchev–Trinajstić information content (AvgIpc) is 2.70. The third-order valence-corrected chi connectivity index (χ3v) is 3.47. The van der Waals surface area contributed by atoms with Crippen molar-refractivity contribution >= 4 is 21.8 Å². The Bertz CT molecular complexity index is 203. The maximum atomic E-state index is 11.8. The van der Waals surface area contributed by atoms with Crippen molar-refractivity contribution < 1.29 is 4.79 Å². The summed E-state index contributed by atoms with van der Waals surface area (Å²) < 4.78 is 0. The van der Waals surface area contributed by atoms with Gasteiger partial charge < -0.3 is 9.80 Å². The molecule has 0 aromatic rings. The first kappa shape index (κ1) is 13.0. The molecule has 1 aliphatic rings. The molecule has 0 aliphatic heterocycles. The highest BCUT2D eigenvalue weighted by atomic mass is 79.9. The molecule has 88 valence electrons. The summed E-state index contributed by atoms with van der Waals surface area (Å²) >= 11 is 3.26. The van der Waals surface area contributed by atoms with Gasteiger partial charge in [0.15, 0.2) is 0 Å². The largest absolute Gasteiger partial charge is 0.338 e. The van der Waals surface area contributed by atoms with Crippen molar-refractivity contribution in [1.29, 1.82) is 0 Å². The predicted octanol–water partition coefficient (Wildman–Crippen LogP) is 1.71. The first-order valence-corrected chi connectivity index (χ1v) is 6.77. The van der Waals surface area contributed by atoms with Crippen LogP contribution in [0.1, 0.15) is 25.7 Å². The molecule has 0 spiro atoms. The number of carbonyl (C=O) groups is 1. The van der Waals surface area contributed by atoms with Crippen LogP contribution in [0.2, 0.25) is 0 Å². The van der Waals surface area contributed by atoms with Gasteiger partial charge in [0.25, 0.3) is 0 Å². The van der Waals surface area contributed by atoms with Crippen LogP contribution in [-0.2, 0) is 4.79 Å². The molecule has 0 atom stereocenters. The second kappa shape index (κ2) is 6.48. The van der Waals surface area contributed by atoms with E-state index in [1.165, 1.54) is 25.7 Å². The van der Waals surface area contributed by atoms with E-state index in [9.17, 15) is 4.79 Å². The molecule has 15 heavy (non-hydrogen) atoms. The fourth-order valence-electron chi connectivity index (χ4n) is 2.11. The second-order valence-electron chi connectivity index (χ2n) is 4.46. The Morgan fingerprint density at radius 2 is 1.87 bits per heavy atom. The van der Waals surface area contributed by atoms with E-state index in [1.807, 2.05) is 14.1 Å². The zero-order valence-electron chi connectivity index (χ0n) is 9.71. The van der Waals surface area contributed by atoms with E-state index in [-0.39, 0.29) is 5.91 Å². The summed E-state index contributed by atoms with van der Waals surface area (Å²) in [5.41, 5.74) is 0. The molecule has 1 rings (SSSR count). The van der Waals surface area contributed by atoms with Gasteiger partial charge in [0, 0.05) is 19.1 Å². The highest BCUT2D eigenvalue weighted by Crippen LogP contribution is 2.23. The van der Waals surface area contributed by atoms with E-state index >= 15 is 0 Å². The Labute approximate surface area is 101 Å². The third kappa shape index (κ3) is 4.11. The Morgan fingerprint density at radius 1 is 1.27 bits per heavy atom. The summed E-state index contributed by atoms with van der Waals surface area (Å²) in [5.74, 6) is 0.240. The number of rotatable bonds is 5. The number of hydrogen-bond donors (Lipinski definition) is 0. The zero-order valence-corrected chi connectivity index (χ0v) is 11.3. The lowest BCUT2D eigenvalue weighted by Gasteiger charge is -2.29. The third-order valence-electron chi connectivity index (χ3n) is 2.99. The van der Waals surface area contributed by atoms with E-state index in [2.05, 4.69) is 25.7 Å². The van der Waals surface area contributed by atoms with Crippen molar-refractivity contribution in [1.82, 2.24) is 9.80 Å². The van der Waals surface area contributed by atoms with Crippen molar-refractivity contribution in [3.8, 4) is 0 Å². The van der Waals surface area contributed by atoms with Crippen LogP contribution in [0, 0.1) is 0 Å². The lowest BCUT2D eigenvalue weighted by atomic mass is 10.2. The second-order valence-corrected chi connectivity index (χ2v) is 5.02. The van der Waals surface area contributed by atoms with Crippen LogP contribution in [-0.4, -0.2) is 54.3 Å². The van der Waals surface area contributed by atoms with Crippen LogP contribution in [0.4, 0.5) is 0 Å². The van der Waals surface area contributed by atoms with Gasteiger partial charge in [-0.15, -0.1) is 0 Å². The van der Waals surface area contributed by atoms with Crippen molar-refractivity contribution in [3.05, 3.63) is 0 Å². The van der Waals surface area contributed by atoms with Crippen LogP contribution >= 0.6 is 15.9 Å². The van der Waals surface area contributed by atoms with Crippen molar-refractivity contribution in [2.45, 2.75) is 31.7 Å². The molecule has 4 heteroatoms. The quantitative estimate of drug-likeness (QED) is 0.714. The monoisotopic (exact) mass is 276 g/mol. The SMILES string of the molecule is CN(C)CCN(C(=O)CBr)C1CCCC1. The number of alkyl halides is 1. The summed E-state index contributed by atoms with van der Waals surface area (Å²) in [4.78, 5) is 16.0. The molecule has 1 aliphatic carbocycles. The van der Waals surface area contributed by atoms with Gasteiger partial charge in [-0.3, -0.25) is 4.79 Å². The van der Waals surface area contributed by atoms with Gasteiger partial charge in [0.05, 0.1) is 5.33 Å². The lowest BCUT2D eigenvalue weighted by molar-refractivity contribution is -0.130. The summed E-state index contributed by atoms with van der Waals surface area (Å²) in [6.07, 6.45) is 4.93. The van der Waals surface area contributed by atoms with Gasteiger partial charge in [-0.2, -0.15) is 0 Å². The van der Waals surface area contributed by atoms with Crippen molar-refractivity contribution in [3.63, 3.8) is 0 Å². The molecule has 0 aromatic carbocycles. The summed E-state index contributed by atoms with van der Waals surface area (Å²) in [6.45, 7) is 1.82. The normalized spacial score (nSPS) is 17.3. The van der Waals surface area contributed by atoms with Gasteiger partial charge in [-0.05, 0) is 26.9 Å². The van der Waals surface area contributed by atoms with Gasteiger partial charge in [-0.25, -0.2) is 0 Å². The topological polar surface area (TPSA) is 23.6 Å². The van der Waals surface area contributed by atoms with E-state index in [1.54, 1.807) is 0 Å². The van der Waals surface area contributed by atoms with Crippen LogP contribution in [0.25, 0.3) is 0 Å². The molecule has 0 heterocycles. The molecule has 0 bridgehead atoms. The summed E-state index contributed by atoms with van der Waals surface area (Å²) in [5, 5.41) is 0.455. The Hall–Kier alpha value is -0.0900. The highest BCUT2D eigenvalue weighted by Gasteiger charge is 2.25. The maximum Gasteiger partial charge on any atom is 0.233 e. The van der Waals surface area contributed by atoms with Gasteiger partial charge >= 0.3 is 0 Å². The van der Waals surface area contributed by atoms with E-state index in [0.717, 1.165) is 13.1 Å². The first-order valence-electron chi connectivity index (χ1n) is 5.65. The molecule has 0 saturated heterocycles. The fraction of sp³-hybridized carbons (Fsp3) is 0.909. The van der Waals surface area contributed by atoms with Gasteiger partial charge in [0.2, 0.25) is 5.91 Å². The lowest BCUT2D eigenvalue weighted by Crippen LogP contribution is -2.43. The molecule has 1 fully saturated rings. The smallest absolute Gasteiger partial charge is 0.233 e. The predicted molar refractivity (Wildman–Crippen MR) is 66.3 cm³/mol. The summed E-state index contributed by atoms with van der Waals surface area (Å²) in [6, 6.07) is 0.495.